The summed E-state index contributed by atoms with van der Waals surface area (Å²) < 4.78 is 17.7. The van der Waals surface area contributed by atoms with Crippen LogP contribution in [-0.2, 0) is 4.79 Å². The number of hydrogen-bond donors (Lipinski definition) is 2. The van der Waals surface area contributed by atoms with E-state index in [4.69, 9.17) is 20.1 Å². The molecule has 2 heterocycles. The standard InChI is InChI=1S/C21H23N5O4S/c1-13(15-5-8-17-18(11-15)30-10-9-29-17)23-19(27)12-31-21-25-24-20(26(21)22)14-3-6-16(28-2)7-4-14/h3-8,11,13H,9-10,12,22H2,1-2H3,(H,23,27). The van der Waals surface area contributed by atoms with Gasteiger partial charge in [-0.25, -0.2) is 4.68 Å². The zero-order chi connectivity index (χ0) is 21.8. The van der Waals surface area contributed by atoms with Crippen molar-refractivity contribution in [3.05, 3.63) is 48.0 Å². The summed E-state index contributed by atoms with van der Waals surface area (Å²) in [6, 6.07) is 12.8. The zero-order valence-corrected chi connectivity index (χ0v) is 18.0. The lowest BCUT2D eigenvalue weighted by Gasteiger charge is -2.21. The number of amides is 1. The third kappa shape index (κ3) is 4.69. The fourth-order valence-electron chi connectivity index (χ4n) is 3.14. The number of methoxy groups -OCH3 is 1. The topological polar surface area (TPSA) is 114 Å². The molecule has 1 aliphatic rings. The number of nitrogen functional groups attached to an aromatic ring is 1. The highest BCUT2D eigenvalue weighted by molar-refractivity contribution is 7.99. The van der Waals surface area contributed by atoms with Crippen LogP contribution in [-0.4, -0.2) is 46.9 Å². The van der Waals surface area contributed by atoms with Gasteiger partial charge in [-0.15, -0.1) is 10.2 Å². The summed E-state index contributed by atoms with van der Waals surface area (Å²) in [5.74, 6) is 8.82. The molecule has 0 fully saturated rings. The van der Waals surface area contributed by atoms with Crippen molar-refractivity contribution >= 4 is 17.7 Å². The lowest BCUT2D eigenvalue weighted by Crippen LogP contribution is -2.28. The first-order valence-corrected chi connectivity index (χ1v) is 10.7. The maximum atomic E-state index is 12.4. The minimum absolute atomic E-state index is 0.138. The fourth-order valence-corrected chi connectivity index (χ4v) is 3.81. The largest absolute Gasteiger partial charge is 0.497 e. The summed E-state index contributed by atoms with van der Waals surface area (Å²) in [7, 11) is 1.61. The number of carbonyl (C=O) groups excluding carboxylic acids is 1. The molecule has 3 aromatic rings. The number of nitrogens with two attached hydrogens (primary N) is 1. The van der Waals surface area contributed by atoms with Gasteiger partial charge in [0, 0.05) is 5.56 Å². The van der Waals surface area contributed by atoms with Crippen LogP contribution in [0.5, 0.6) is 17.2 Å². The molecule has 0 radical (unpaired) electrons. The molecule has 162 valence electrons. The van der Waals surface area contributed by atoms with Crippen LogP contribution < -0.4 is 25.4 Å². The van der Waals surface area contributed by atoms with Gasteiger partial charge in [0.1, 0.15) is 19.0 Å². The summed E-state index contributed by atoms with van der Waals surface area (Å²) in [4.78, 5) is 12.4. The predicted octanol–water partition coefficient (Wildman–Crippen LogP) is 2.41. The van der Waals surface area contributed by atoms with Crippen molar-refractivity contribution < 1.29 is 19.0 Å². The van der Waals surface area contributed by atoms with E-state index in [2.05, 4.69) is 15.5 Å². The number of nitrogens with zero attached hydrogens (tertiary/aromatic N) is 3. The van der Waals surface area contributed by atoms with Crippen molar-refractivity contribution in [1.82, 2.24) is 20.2 Å². The van der Waals surface area contributed by atoms with E-state index >= 15 is 0 Å². The maximum absolute atomic E-state index is 12.4. The minimum atomic E-state index is -0.186. The molecule has 31 heavy (non-hydrogen) atoms. The third-order valence-electron chi connectivity index (χ3n) is 4.79. The Balaban J connectivity index is 1.35. The van der Waals surface area contributed by atoms with Gasteiger partial charge in [0.15, 0.2) is 17.3 Å². The van der Waals surface area contributed by atoms with Gasteiger partial charge < -0.3 is 25.4 Å². The molecule has 1 aliphatic heterocycles. The van der Waals surface area contributed by atoms with E-state index in [1.807, 2.05) is 49.4 Å². The van der Waals surface area contributed by atoms with Gasteiger partial charge >= 0.3 is 0 Å². The number of hydrogen-bond acceptors (Lipinski definition) is 8. The van der Waals surface area contributed by atoms with Crippen molar-refractivity contribution in [1.29, 1.82) is 0 Å². The second-order valence-electron chi connectivity index (χ2n) is 6.89. The second-order valence-corrected chi connectivity index (χ2v) is 7.83. The molecule has 0 spiro atoms. The van der Waals surface area contributed by atoms with E-state index in [0.29, 0.717) is 29.9 Å². The molecular weight excluding hydrogens is 418 g/mol. The number of benzene rings is 2. The number of thioether (sulfide) groups is 1. The van der Waals surface area contributed by atoms with Crippen molar-refractivity contribution in [3.8, 4) is 28.6 Å². The molecule has 4 rings (SSSR count). The van der Waals surface area contributed by atoms with Crippen molar-refractivity contribution in [2.45, 2.75) is 18.1 Å². The normalized spacial score (nSPS) is 13.5. The Kier molecular flexibility index (Phi) is 6.17. The minimum Gasteiger partial charge on any atom is -0.497 e. The van der Waals surface area contributed by atoms with Crippen LogP contribution in [0.25, 0.3) is 11.4 Å². The van der Waals surface area contributed by atoms with Crippen molar-refractivity contribution in [2.75, 3.05) is 31.9 Å². The Bertz CT molecular complexity index is 1070. The van der Waals surface area contributed by atoms with Crippen molar-refractivity contribution in [2.24, 2.45) is 0 Å². The van der Waals surface area contributed by atoms with Crippen LogP contribution in [0.15, 0.2) is 47.6 Å². The van der Waals surface area contributed by atoms with Crippen LogP contribution in [0.4, 0.5) is 0 Å². The summed E-state index contributed by atoms with van der Waals surface area (Å²) in [6.07, 6.45) is 0. The number of fused-ring (bicyclic) bond motifs is 1. The Hall–Kier alpha value is -3.40. The fraction of sp³-hybridized carbons (Fsp3) is 0.286. The van der Waals surface area contributed by atoms with Crippen LogP contribution in [0, 0.1) is 0 Å². The SMILES string of the molecule is COc1ccc(-c2nnc(SCC(=O)NC(C)c3ccc4c(c3)OCCO4)n2N)cc1. The zero-order valence-electron chi connectivity index (χ0n) is 17.2. The highest BCUT2D eigenvalue weighted by Crippen LogP contribution is 2.32. The summed E-state index contributed by atoms with van der Waals surface area (Å²) in [5.41, 5.74) is 1.74. The molecule has 2 aromatic carbocycles. The molecule has 0 saturated carbocycles. The van der Waals surface area contributed by atoms with Gasteiger partial charge in [-0.3, -0.25) is 4.79 Å². The lowest BCUT2D eigenvalue weighted by molar-refractivity contribution is -0.119. The van der Waals surface area contributed by atoms with E-state index in [0.717, 1.165) is 22.6 Å². The van der Waals surface area contributed by atoms with E-state index in [-0.39, 0.29) is 17.7 Å². The molecule has 10 heteroatoms. The highest BCUT2D eigenvalue weighted by atomic mass is 32.2. The Morgan fingerprint density at radius 3 is 2.68 bits per heavy atom. The average Bonchev–Trinajstić information content (AvgIpc) is 3.17. The molecule has 0 bridgehead atoms. The van der Waals surface area contributed by atoms with Gasteiger partial charge in [-0.1, -0.05) is 17.8 Å². The predicted molar refractivity (Wildman–Crippen MR) is 117 cm³/mol. The number of rotatable bonds is 7. The molecule has 1 atom stereocenters. The molecule has 9 nitrogen and oxygen atoms in total. The molecule has 1 amide bonds. The smallest absolute Gasteiger partial charge is 0.230 e. The second kappa shape index (κ2) is 9.17. The lowest BCUT2D eigenvalue weighted by atomic mass is 10.1. The van der Waals surface area contributed by atoms with Crippen LogP contribution in [0.3, 0.4) is 0 Å². The Labute approximate surface area is 183 Å². The van der Waals surface area contributed by atoms with E-state index in [1.165, 1.54) is 16.4 Å². The molecule has 0 aliphatic carbocycles. The molecule has 0 saturated heterocycles. The number of carbonyl (C=O) groups is 1. The summed E-state index contributed by atoms with van der Waals surface area (Å²) >= 11 is 1.22. The quantitative estimate of drug-likeness (QED) is 0.424. The van der Waals surface area contributed by atoms with E-state index in [1.54, 1.807) is 7.11 Å². The van der Waals surface area contributed by atoms with Gasteiger partial charge in [0.25, 0.3) is 0 Å². The number of nitrogens with one attached hydrogen (secondary N) is 1. The van der Waals surface area contributed by atoms with E-state index in [9.17, 15) is 4.79 Å². The maximum Gasteiger partial charge on any atom is 0.230 e. The highest BCUT2D eigenvalue weighted by Gasteiger charge is 2.17. The first-order valence-electron chi connectivity index (χ1n) is 9.72. The summed E-state index contributed by atoms with van der Waals surface area (Å²) in [6.45, 7) is 2.98. The van der Waals surface area contributed by atoms with Gasteiger partial charge in [-0.2, -0.15) is 0 Å². The van der Waals surface area contributed by atoms with Crippen molar-refractivity contribution in [3.63, 3.8) is 0 Å². The molecular formula is C21H23N5O4S. The molecule has 3 N–H and O–H groups in total. The van der Waals surface area contributed by atoms with Gasteiger partial charge in [0.05, 0.1) is 18.9 Å². The van der Waals surface area contributed by atoms with Crippen LogP contribution in [0.2, 0.25) is 0 Å². The van der Waals surface area contributed by atoms with Crippen LogP contribution >= 0.6 is 11.8 Å². The number of aromatic nitrogens is 3. The molecule has 1 unspecified atom stereocenters. The first-order chi connectivity index (χ1) is 15.0. The number of ether oxygens (including phenoxy) is 3. The third-order valence-corrected chi connectivity index (χ3v) is 5.73. The van der Waals surface area contributed by atoms with Crippen LogP contribution in [0.1, 0.15) is 18.5 Å². The van der Waals surface area contributed by atoms with Gasteiger partial charge in [-0.05, 0) is 48.9 Å². The molecule has 1 aromatic heterocycles. The van der Waals surface area contributed by atoms with Gasteiger partial charge in [0.2, 0.25) is 11.1 Å². The first kappa shape index (κ1) is 20.9. The Morgan fingerprint density at radius 2 is 1.94 bits per heavy atom. The Morgan fingerprint density at radius 1 is 1.19 bits per heavy atom. The van der Waals surface area contributed by atoms with E-state index < -0.39 is 0 Å². The monoisotopic (exact) mass is 441 g/mol. The average molecular weight is 442 g/mol. The summed E-state index contributed by atoms with van der Waals surface area (Å²) in [5, 5.41) is 11.7.